The number of hydrogen-bond donors (Lipinski definition) is 2. The van der Waals surface area contributed by atoms with Gasteiger partial charge in [0.25, 0.3) is 0 Å². The van der Waals surface area contributed by atoms with Crippen LogP contribution in [-0.2, 0) is 20.9 Å². The summed E-state index contributed by atoms with van der Waals surface area (Å²) in [6, 6.07) is 18.2. The van der Waals surface area contributed by atoms with Crippen molar-refractivity contribution in [1.29, 1.82) is 0 Å². The third-order valence-corrected chi connectivity index (χ3v) is 6.24. The zero-order valence-corrected chi connectivity index (χ0v) is 20.0. The maximum atomic E-state index is 13.0. The quantitative estimate of drug-likeness (QED) is 0.614. The Morgan fingerprint density at radius 3 is 2.11 bits per heavy atom. The van der Waals surface area contributed by atoms with E-state index in [-0.39, 0.29) is 5.92 Å². The van der Waals surface area contributed by atoms with E-state index in [1.165, 1.54) is 18.4 Å². The molecule has 35 heavy (non-hydrogen) atoms. The number of carbonyl (C=O) groups is 3. The van der Waals surface area contributed by atoms with Crippen molar-refractivity contribution in [2.75, 3.05) is 26.2 Å². The molecule has 2 saturated heterocycles. The van der Waals surface area contributed by atoms with Gasteiger partial charge in [-0.05, 0) is 62.1 Å². The summed E-state index contributed by atoms with van der Waals surface area (Å²) in [5.74, 6) is -1.39. The van der Waals surface area contributed by atoms with Gasteiger partial charge in [0.1, 0.15) is 11.5 Å². The highest BCUT2D eigenvalue weighted by molar-refractivity contribution is 6.27. The van der Waals surface area contributed by atoms with Gasteiger partial charge < -0.3 is 19.8 Å². The fraction of sp³-hybridized carbons (Fsp3) is 0.444. The van der Waals surface area contributed by atoms with Gasteiger partial charge in [-0.25, -0.2) is 9.59 Å². The normalized spacial score (nSPS) is 18.5. The molecule has 0 radical (unpaired) electrons. The number of rotatable bonds is 5. The molecular weight excluding hydrogens is 448 g/mol. The van der Waals surface area contributed by atoms with Crippen molar-refractivity contribution in [3.8, 4) is 11.5 Å². The maximum Gasteiger partial charge on any atom is 0.414 e. The molecule has 2 N–H and O–H groups in total. The molecule has 8 heteroatoms. The molecule has 0 aromatic heterocycles. The van der Waals surface area contributed by atoms with Crippen LogP contribution in [0.15, 0.2) is 54.6 Å². The summed E-state index contributed by atoms with van der Waals surface area (Å²) >= 11 is 0. The van der Waals surface area contributed by atoms with E-state index in [1.807, 2.05) is 36.4 Å². The van der Waals surface area contributed by atoms with Gasteiger partial charge in [0.05, 0.1) is 5.92 Å². The van der Waals surface area contributed by atoms with Crippen molar-refractivity contribution in [2.24, 2.45) is 5.92 Å². The molecule has 2 aliphatic heterocycles. The van der Waals surface area contributed by atoms with E-state index < -0.39 is 11.9 Å². The number of nitrogens with zero attached hydrogens (tertiary/aromatic N) is 2. The van der Waals surface area contributed by atoms with E-state index in [9.17, 15) is 4.79 Å². The van der Waals surface area contributed by atoms with Crippen LogP contribution in [0.3, 0.4) is 0 Å². The Balaban J connectivity index is 0.000000509. The minimum Gasteiger partial charge on any atom is -0.473 e. The zero-order chi connectivity index (χ0) is 25.0. The molecule has 4 rings (SSSR count). The van der Waals surface area contributed by atoms with Crippen molar-refractivity contribution in [2.45, 2.75) is 45.1 Å². The summed E-state index contributed by atoms with van der Waals surface area (Å²) < 4.78 is 5.98. The highest BCUT2D eigenvalue weighted by Gasteiger charge is 2.29. The van der Waals surface area contributed by atoms with Gasteiger partial charge >= 0.3 is 11.9 Å². The summed E-state index contributed by atoms with van der Waals surface area (Å²) in [6.07, 6.45) is 6.99. The van der Waals surface area contributed by atoms with Crippen LogP contribution in [0.25, 0.3) is 0 Å². The number of carboxylic acids is 2. The van der Waals surface area contributed by atoms with Gasteiger partial charge in [-0.15, -0.1) is 0 Å². The molecule has 8 nitrogen and oxygen atoms in total. The molecule has 0 bridgehead atoms. The highest BCUT2D eigenvalue weighted by atomic mass is 16.5. The lowest BCUT2D eigenvalue weighted by atomic mass is 9.96. The highest BCUT2D eigenvalue weighted by Crippen LogP contribution is 2.25. The number of amides is 1. The summed E-state index contributed by atoms with van der Waals surface area (Å²) in [7, 11) is 0. The van der Waals surface area contributed by atoms with E-state index in [0.717, 1.165) is 69.9 Å². The van der Waals surface area contributed by atoms with E-state index in [0.29, 0.717) is 5.91 Å². The Kier molecular flexibility index (Phi) is 10.1. The Morgan fingerprint density at radius 1 is 0.800 bits per heavy atom. The van der Waals surface area contributed by atoms with Crippen molar-refractivity contribution in [3.63, 3.8) is 0 Å². The van der Waals surface area contributed by atoms with Gasteiger partial charge in [-0.3, -0.25) is 9.69 Å². The summed E-state index contributed by atoms with van der Waals surface area (Å²) in [5.41, 5.74) is 1.24. The first-order valence-corrected chi connectivity index (χ1v) is 12.2. The molecule has 2 aliphatic rings. The van der Waals surface area contributed by atoms with E-state index in [1.54, 1.807) is 0 Å². The van der Waals surface area contributed by atoms with Crippen molar-refractivity contribution in [3.05, 3.63) is 60.2 Å². The van der Waals surface area contributed by atoms with Crippen LogP contribution in [0.1, 0.15) is 44.1 Å². The van der Waals surface area contributed by atoms with E-state index >= 15 is 0 Å². The van der Waals surface area contributed by atoms with Crippen molar-refractivity contribution in [1.82, 2.24) is 9.80 Å². The molecule has 0 aliphatic carbocycles. The maximum absolute atomic E-state index is 13.0. The number of likely N-dealkylation sites (tertiary alicyclic amines) is 2. The van der Waals surface area contributed by atoms with Crippen LogP contribution in [0.5, 0.6) is 11.5 Å². The molecule has 2 aromatic rings. The number of aliphatic carboxylic acids is 2. The van der Waals surface area contributed by atoms with Gasteiger partial charge in [0.15, 0.2) is 0 Å². The second kappa shape index (κ2) is 13.5. The molecule has 0 saturated carbocycles. The number of benzene rings is 2. The minimum atomic E-state index is -1.82. The predicted octanol–water partition coefficient (Wildman–Crippen LogP) is 4.25. The third-order valence-electron chi connectivity index (χ3n) is 6.24. The van der Waals surface area contributed by atoms with Gasteiger partial charge in [0, 0.05) is 26.2 Å². The minimum absolute atomic E-state index is 0.158. The number of ether oxygens (including phenoxy) is 1. The molecule has 2 heterocycles. The van der Waals surface area contributed by atoms with Gasteiger partial charge in [-0.1, -0.05) is 43.2 Å². The van der Waals surface area contributed by atoms with Crippen LogP contribution >= 0.6 is 0 Å². The van der Waals surface area contributed by atoms with Gasteiger partial charge in [-0.2, -0.15) is 0 Å². The molecule has 1 unspecified atom stereocenters. The second-order valence-corrected chi connectivity index (χ2v) is 8.99. The first-order chi connectivity index (χ1) is 16.9. The second-order valence-electron chi connectivity index (χ2n) is 8.99. The summed E-state index contributed by atoms with van der Waals surface area (Å²) in [4.78, 5) is 35.8. The van der Waals surface area contributed by atoms with E-state index in [4.69, 9.17) is 24.5 Å². The Hall–Kier alpha value is -3.39. The molecule has 2 aromatic carbocycles. The Labute approximate surface area is 206 Å². The first kappa shape index (κ1) is 26.2. The van der Waals surface area contributed by atoms with Crippen LogP contribution in [0, 0.1) is 5.92 Å². The Morgan fingerprint density at radius 2 is 1.46 bits per heavy atom. The molecule has 1 atom stereocenters. The average molecular weight is 483 g/mol. The molecule has 2 fully saturated rings. The lowest BCUT2D eigenvalue weighted by molar-refractivity contribution is -0.159. The zero-order valence-electron chi connectivity index (χ0n) is 20.0. The number of piperidine rings is 1. The van der Waals surface area contributed by atoms with Crippen molar-refractivity contribution >= 4 is 17.8 Å². The monoisotopic (exact) mass is 482 g/mol. The molecule has 188 valence electrons. The topological polar surface area (TPSA) is 107 Å². The largest absolute Gasteiger partial charge is 0.473 e. The molecule has 1 amide bonds. The number of carbonyl (C=O) groups excluding carboxylic acids is 1. The third kappa shape index (κ3) is 8.72. The van der Waals surface area contributed by atoms with Crippen LogP contribution in [0.4, 0.5) is 0 Å². The Bertz CT molecular complexity index is 961. The summed E-state index contributed by atoms with van der Waals surface area (Å²) in [6.45, 7) is 4.71. The van der Waals surface area contributed by atoms with Crippen LogP contribution < -0.4 is 4.74 Å². The van der Waals surface area contributed by atoms with Crippen LogP contribution in [0.2, 0.25) is 0 Å². The van der Waals surface area contributed by atoms with Crippen molar-refractivity contribution < 1.29 is 29.3 Å². The van der Waals surface area contributed by atoms with Gasteiger partial charge in [0.2, 0.25) is 5.91 Å². The number of hydrogen-bond acceptors (Lipinski definition) is 5. The fourth-order valence-corrected chi connectivity index (χ4v) is 4.54. The number of carboxylic acid groups (broad SMARTS) is 2. The summed E-state index contributed by atoms with van der Waals surface area (Å²) in [5, 5.41) is 14.8. The molecular formula is C27H34N2O6. The smallest absolute Gasteiger partial charge is 0.414 e. The number of para-hydroxylation sites is 1. The fourth-order valence-electron chi connectivity index (χ4n) is 4.54. The average Bonchev–Trinajstić information content (AvgIpc) is 3.15. The lowest BCUT2D eigenvalue weighted by Gasteiger charge is -2.34. The standard InChI is InChI=1S/C25H32N2O2.C2H2O4/c28-25(27-16-6-1-2-7-17-27)22-11-9-15-26(20-22)19-21-10-8-14-24(18-21)29-23-12-4-3-5-13-23;3-1(4)2(5)6/h3-5,8,10,12-14,18,22H,1-2,6-7,9,11,15-17,19-20H2;(H,3,4)(H,5,6). The SMILES string of the molecule is O=C(C1CCCN(Cc2cccc(Oc3ccccc3)c2)C1)N1CCCCCC1.O=C(O)C(=O)O. The first-order valence-electron chi connectivity index (χ1n) is 12.2. The van der Waals surface area contributed by atoms with E-state index in [2.05, 4.69) is 28.0 Å². The lowest BCUT2D eigenvalue weighted by Crippen LogP contribution is -2.44. The molecule has 0 spiro atoms. The van der Waals surface area contributed by atoms with Crippen LogP contribution in [-0.4, -0.2) is 64.0 Å². The predicted molar refractivity (Wildman–Crippen MR) is 131 cm³/mol.